The molecule has 8 heteroatoms. The van der Waals surface area contributed by atoms with E-state index in [1.165, 1.54) is 21.8 Å². The number of anilines is 1. The van der Waals surface area contributed by atoms with Crippen LogP contribution in [-0.2, 0) is 19.5 Å². The maximum atomic E-state index is 12.2. The van der Waals surface area contributed by atoms with Crippen LogP contribution in [0.3, 0.4) is 0 Å². The van der Waals surface area contributed by atoms with Gasteiger partial charge in [-0.25, -0.2) is 4.98 Å². The van der Waals surface area contributed by atoms with Crippen molar-refractivity contribution in [2.75, 3.05) is 11.9 Å². The molecule has 0 spiro atoms. The van der Waals surface area contributed by atoms with E-state index in [1.807, 2.05) is 12.3 Å². The Labute approximate surface area is 148 Å². The first kappa shape index (κ1) is 15.9. The number of nitrogens with one attached hydrogen (secondary N) is 1. The second-order valence-electron chi connectivity index (χ2n) is 5.99. The lowest BCUT2D eigenvalue weighted by molar-refractivity contribution is 0.101. The molecule has 0 radical (unpaired) electrons. The van der Waals surface area contributed by atoms with Crippen LogP contribution in [0, 0.1) is 6.92 Å². The molecule has 7 nitrogen and oxygen atoms in total. The Morgan fingerprint density at radius 1 is 1.48 bits per heavy atom. The summed E-state index contributed by atoms with van der Waals surface area (Å²) in [7, 11) is 0. The molecule has 3 aromatic heterocycles. The SMILES string of the molecule is Cc1cc(C(=O)Nc2nc3c(s2)CN(Cc2cccnc2)CC3)no1. The Morgan fingerprint density at radius 3 is 3.16 bits per heavy atom. The van der Waals surface area contributed by atoms with Crippen LogP contribution in [0.2, 0.25) is 0 Å². The van der Waals surface area contributed by atoms with Crippen molar-refractivity contribution in [3.8, 4) is 0 Å². The Hall–Kier alpha value is -2.58. The number of fused-ring (bicyclic) bond motifs is 1. The summed E-state index contributed by atoms with van der Waals surface area (Å²) in [4.78, 5) is 24.4. The van der Waals surface area contributed by atoms with Crippen LogP contribution < -0.4 is 5.32 Å². The first-order chi connectivity index (χ1) is 12.2. The fourth-order valence-corrected chi connectivity index (χ4v) is 3.87. The van der Waals surface area contributed by atoms with E-state index in [9.17, 15) is 4.79 Å². The number of aromatic nitrogens is 3. The van der Waals surface area contributed by atoms with E-state index in [0.29, 0.717) is 10.9 Å². The van der Waals surface area contributed by atoms with Crippen molar-refractivity contribution in [3.63, 3.8) is 0 Å². The lowest BCUT2D eigenvalue weighted by atomic mass is 10.1. The smallest absolute Gasteiger partial charge is 0.279 e. The van der Waals surface area contributed by atoms with E-state index < -0.39 is 0 Å². The van der Waals surface area contributed by atoms with Gasteiger partial charge in [-0.2, -0.15) is 0 Å². The van der Waals surface area contributed by atoms with Crippen LogP contribution in [0.15, 0.2) is 35.1 Å². The van der Waals surface area contributed by atoms with E-state index in [2.05, 4.69) is 31.4 Å². The van der Waals surface area contributed by atoms with Gasteiger partial charge in [0.25, 0.3) is 5.91 Å². The third-order valence-electron chi connectivity index (χ3n) is 4.02. The molecule has 0 saturated carbocycles. The topological polar surface area (TPSA) is 84.2 Å². The summed E-state index contributed by atoms with van der Waals surface area (Å²) in [5.41, 5.74) is 2.54. The average Bonchev–Trinajstić information content (AvgIpc) is 3.21. The molecule has 4 heterocycles. The maximum absolute atomic E-state index is 12.2. The lowest BCUT2D eigenvalue weighted by Gasteiger charge is -2.25. The quantitative estimate of drug-likeness (QED) is 0.774. The molecule has 0 unspecified atom stereocenters. The molecule has 1 N–H and O–H groups in total. The lowest BCUT2D eigenvalue weighted by Crippen LogP contribution is -2.29. The van der Waals surface area contributed by atoms with Crippen LogP contribution in [0.4, 0.5) is 5.13 Å². The van der Waals surface area contributed by atoms with Crippen LogP contribution in [0.25, 0.3) is 0 Å². The van der Waals surface area contributed by atoms with Gasteiger partial charge in [0, 0.05) is 49.4 Å². The van der Waals surface area contributed by atoms with E-state index in [-0.39, 0.29) is 11.6 Å². The van der Waals surface area contributed by atoms with Crippen molar-refractivity contribution in [1.29, 1.82) is 0 Å². The molecule has 0 atom stereocenters. The highest BCUT2D eigenvalue weighted by atomic mass is 32.1. The normalized spacial score (nSPS) is 14.3. The average molecular weight is 355 g/mol. The van der Waals surface area contributed by atoms with Gasteiger partial charge in [0.05, 0.1) is 5.69 Å². The number of nitrogens with zero attached hydrogens (tertiary/aromatic N) is 4. The van der Waals surface area contributed by atoms with Gasteiger partial charge in [-0.1, -0.05) is 11.2 Å². The van der Waals surface area contributed by atoms with Crippen LogP contribution in [-0.4, -0.2) is 32.5 Å². The van der Waals surface area contributed by atoms with Crippen molar-refractivity contribution >= 4 is 22.4 Å². The highest BCUT2D eigenvalue weighted by molar-refractivity contribution is 7.15. The van der Waals surface area contributed by atoms with Gasteiger partial charge in [0.1, 0.15) is 5.76 Å². The molecule has 1 amide bonds. The fourth-order valence-electron chi connectivity index (χ4n) is 2.82. The molecule has 4 rings (SSSR count). The monoisotopic (exact) mass is 355 g/mol. The number of pyridine rings is 1. The molecule has 0 aliphatic carbocycles. The highest BCUT2D eigenvalue weighted by Crippen LogP contribution is 2.29. The van der Waals surface area contributed by atoms with Crippen molar-refractivity contribution < 1.29 is 9.32 Å². The van der Waals surface area contributed by atoms with Gasteiger partial charge in [0.15, 0.2) is 10.8 Å². The molecular formula is C17H17N5O2S. The molecule has 0 fully saturated rings. The summed E-state index contributed by atoms with van der Waals surface area (Å²) >= 11 is 1.52. The summed E-state index contributed by atoms with van der Waals surface area (Å²) in [6.45, 7) is 4.40. The molecule has 3 aromatic rings. The Morgan fingerprint density at radius 2 is 2.40 bits per heavy atom. The fraction of sp³-hybridized carbons (Fsp3) is 0.294. The van der Waals surface area contributed by atoms with E-state index in [4.69, 9.17) is 4.52 Å². The third kappa shape index (κ3) is 3.59. The number of hydrogen-bond acceptors (Lipinski definition) is 7. The number of amides is 1. The van der Waals surface area contributed by atoms with E-state index in [1.54, 1.807) is 19.2 Å². The van der Waals surface area contributed by atoms with Gasteiger partial charge in [-0.15, -0.1) is 11.3 Å². The van der Waals surface area contributed by atoms with Crippen LogP contribution in [0.1, 0.15) is 32.4 Å². The number of carbonyl (C=O) groups excluding carboxylic acids is 1. The van der Waals surface area contributed by atoms with E-state index in [0.717, 1.165) is 31.7 Å². The predicted octanol–water partition coefficient (Wildman–Crippen LogP) is 2.65. The van der Waals surface area contributed by atoms with Crippen LogP contribution >= 0.6 is 11.3 Å². The zero-order chi connectivity index (χ0) is 17.2. The Bertz CT molecular complexity index is 890. The predicted molar refractivity (Wildman–Crippen MR) is 93.4 cm³/mol. The largest absolute Gasteiger partial charge is 0.361 e. The van der Waals surface area contributed by atoms with Crippen molar-refractivity contribution in [2.45, 2.75) is 26.4 Å². The van der Waals surface area contributed by atoms with Crippen LogP contribution in [0.5, 0.6) is 0 Å². The zero-order valence-corrected chi connectivity index (χ0v) is 14.5. The minimum absolute atomic E-state index is 0.267. The molecule has 0 aromatic carbocycles. The third-order valence-corrected chi connectivity index (χ3v) is 5.02. The second kappa shape index (κ2) is 6.73. The number of rotatable bonds is 4. The molecule has 1 aliphatic heterocycles. The standard InChI is InChI=1S/C17H17N5O2S/c1-11-7-14(21-24-11)16(23)20-17-19-13-4-6-22(10-15(13)25-17)9-12-3-2-5-18-8-12/h2-3,5,7-8H,4,6,9-10H2,1H3,(H,19,20,23). The molecule has 0 saturated heterocycles. The van der Waals surface area contributed by atoms with Gasteiger partial charge in [-0.3, -0.25) is 20.0 Å². The number of carbonyl (C=O) groups is 1. The molecular weight excluding hydrogens is 338 g/mol. The van der Waals surface area contributed by atoms with Crippen molar-refractivity contribution in [1.82, 2.24) is 20.0 Å². The van der Waals surface area contributed by atoms with Gasteiger partial charge in [-0.05, 0) is 18.6 Å². The minimum atomic E-state index is -0.296. The number of aryl methyl sites for hydroxylation is 1. The summed E-state index contributed by atoms with van der Waals surface area (Å²) < 4.78 is 4.94. The molecule has 1 aliphatic rings. The molecule has 25 heavy (non-hydrogen) atoms. The number of hydrogen-bond donors (Lipinski definition) is 1. The van der Waals surface area contributed by atoms with E-state index >= 15 is 0 Å². The highest BCUT2D eigenvalue weighted by Gasteiger charge is 2.22. The van der Waals surface area contributed by atoms with Crippen molar-refractivity contribution in [3.05, 3.63) is 58.2 Å². The summed E-state index contributed by atoms with van der Waals surface area (Å²) in [5.74, 6) is 0.310. The Kier molecular flexibility index (Phi) is 4.29. The van der Waals surface area contributed by atoms with Gasteiger partial charge in [0.2, 0.25) is 0 Å². The Balaban J connectivity index is 1.43. The maximum Gasteiger partial charge on any atom is 0.279 e. The summed E-state index contributed by atoms with van der Waals surface area (Å²) in [6, 6.07) is 5.65. The summed E-state index contributed by atoms with van der Waals surface area (Å²) in [5, 5.41) is 7.15. The van der Waals surface area contributed by atoms with Gasteiger partial charge < -0.3 is 4.52 Å². The summed E-state index contributed by atoms with van der Waals surface area (Å²) in [6.07, 6.45) is 4.56. The van der Waals surface area contributed by atoms with Crippen molar-refractivity contribution in [2.24, 2.45) is 0 Å². The second-order valence-corrected chi connectivity index (χ2v) is 7.07. The number of thiazole rings is 1. The zero-order valence-electron chi connectivity index (χ0n) is 13.7. The molecule has 0 bridgehead atoms. The van der Waals surface area contributed by atoms with Gasteiger partial charge >= 0.3 is 0 Å². The first-order valence-corrected chi connectivity index (χ1v) is 8.83. The minimum Gasteiger partial charge on any atom is -0.361 e. The first-order valence-electron chi connectivity index (χ1n) is 8.02. The molecule has 128 valence electrons.